The van der Waals surface area contributed by atoms with Gasteiger partial charge in [-0.15, -0.1) is 0 Å². The largest absolute Gasteiger partial charge is 0.476 e. The van der Waals surface area contributed by atoms with Crippen LogP contribution in [0, 0.1) is 0 Å². The summed E-state index contributed by atoms with van der Waals surface area (Å²) in [7, 11) is 1.93. The minimum absolute atomic E-state index is 0.143. The molecule has 2 aromatic carbocycles. The smallest absolute Gasteiger partial charge is 0.262 e. The first-order valence-electron chi connectivity index (χ1n) is 14.3. The lowest BCUT2D eigenvalue weighted by molar-refractivity contribution is -0.122. The van der Waals surface area contributed by atoms with Gasteiger partial charge in [-0.1, -0.05) is 37.1 Å². The third-order valence-corrected chi connectivity index (χ3v) is 9.71. The average molecular weight is 586 g/mol. The molecule has 1 fully saturated rings. The molecule has 1 spiro atoms. The first-order chi connectivity index (χ1) is 20.2. The molecule has 42 heavy (non-hydrogen) atoms. The van der Waals surface area contributed by atoms with Crippen molar-refractivity contribution in [2.45, 2.75) is 42.4 Å². The molecule has 0 bridgehead atoms. The summed E-state index contributed by atoms with van der Waals surface area (Å²) in [6.45, 7) is 1.22. The van der Waals surface area contributed by atoms with Crippen LogP contribution in [-0.2, 0) is 20.2 Å². The number of carbonyl (C=O) groups is 1. The number of anilines is 2. The second kappa shape index (κ2) is 11.0. The lowest BCUT2D eigenvalue weighted by atomic mass is 9.78. The number of nitrogens with zero attached hydrogens (tertiary/aromatic N) is 4. The minimum Gasteiger partial charge on any atom is -0.476 e. The molecule has 6 rings (SSSR count). The highest BCUT2D eigenvalue weighted by Gasteiger charge is 2.52. The Morgan fingerprint density at radius 2 is 1.76 bits per heavy atom. The van der Waals surface area contributed by atoms with Crippen molar-refractivity contribution >= 4 is 38.2 Å². The van der Waals surface area contributed by atoms with Crippen molar-refractivity contribution in [2.24, 2.45) is 0 Å². The average Bonchev–Trinajstić information content (AvgIpc) is 3.56. The van der Waals surface area contributed by atoms with E-state index in [2.05, 4.69) is 25.7 Å². The van der Waals surface area contributed by atoms with Crippen LogP contribution in [0.5, 0.6) is 5.88 Å². The van der Waals surface area contributed by atoms with E-state index in [1.54, 1.807) is 47.5 Å². The summed E-state index contributed by atoms with van der Waals surface area (Å²) in [4.78, 5) is 26.7. The summed E-state index contributed by atoms with van der Waals surface area (Å²) in [5.41, 5.74) is 4.06. The number of hydrogen-bond acceptors (Lipinski definition) is 7. The van der Waals surface area contributed by atoms with Gasteiger partial charge in [-0.3, -0.25) is 14.5 Å². The standard InChI is InChI=1S/C32H35N5O4S/c1-36(2)16-9-17-41-30-27(35-42(39,40)24-10-5-4-6-11-24)19-23(20-34-30)22-12-13-26-25(18-22)29-28(21-33-26)37(3)31(38)32(29)14-7-8-15-32/h4-6,10-13,18-21,35H,7-9,14-17H2,1-3H3. The van der Waals surface area contributed by atoms with E-state index in [1.807, 2.05) is 39.5 Å². The summed E-state index contributed by atoms with van der Waals surface area (Å²) in [6, 6.07) is 15.9. The Morgan fingerprint density at radius 1 is 1.00 bits per heavy atom. The fourth-order valence-electron chi connectivity index (χ4n) is 6.25. The predicted molar refractivity (Wildman–Crippen MR) is 164 cm³/mol. The van der Waals surface area contributed by atoms with Crippen LogP contribution in [0.3, 0.4) is 0 Å². The van der Waals surface area contributed by atoms with E-state index < -0.39 is 15.4 Å². The number of carbonyl (C=O) groups excluding carboxylic acids is 1. The van der Waals surface area contributed by atoms with Crippen molar-refractivity contribution in [3.63, 3.8) is 0 Å². The van der Waals surface area contributed by atoms with E-state index in [1.165, 1.54) is 0 Å². The monoisotopic (exact) mass is 585 g/mol. The van der Waals surface area contributed by atoms with Gasteiger partial charge >= 0.3 is 0 Å². The van der Waals surface area contributed by atoms with Gasteiger partial charge in [-0.05, 0) is 69.3 Å². The van der Waals surface area contributed by atoms with Crippen LogP contribution in [-0.4, -0.2) is 63.5 Å². The highest BCUT2D eigenvalue weighted by molar-refractivity contribution is 7.92. The molecule has 4 aromatic rings. The van der Waals surface area contributed by atoms with Crippen molar-refractivity contribution in [3.05, 3.63) is 72.6 Å². The molecule has 0 unspecified atom stereocenters. The maximum Gasteiger partial charge on any atom is 0.262 e. The molecule has 218 valence electrons. The first kappa shape index (κ1) is 28.1. The molecule has 1 aliphatic carbocycles. The lowest BCUT2D eigenvalue weighted by Crippen LogP contribution is -2.36. The van der Waals surface area contributed by atoms with Crippen molar-refractivity contribution in [3.8, 4) is 17.0 Å². The quantitative estimate of drug-likeness (QED) is 0.269. The fraction of sp³-hybridized carbons (Fsp3) is 0.344. The Kier molecular flexibility index (Phi) is 7.36. The Hall–Kier alpha value is -4.02. The van der Waals surface area contributed by atoms with Gasteiger partial charge in [-0.25, -0.2) is 13.4 Å². The number of benzene rings is 2. The van der Waals surface area contributed by atoms with Gasteiger partial charge in [0.15, 0.2) is 0 Å². The number of ether oxygens (including phenoxy) is 1. The van der Waals surface area contributed by atoms with Gasteiger partial charge in [0.25, 0.3) is 10.0 Å². The van der Waals surface area contributed by atoms with E-state index >= 15 is 0 Å². The molecule has 9 nitrogen and oxygen atoms in total. The molecule has 1 aliphatic heterocycles. The zero-order valence-corrected chi connectivity index (χ0v) is 24.9. The SMILES string of the molecule is CN(C)CCCOc1ncc(-c2ccc3ncc4c(c3c2)C2(CCCC2)C(=O)N4C)cc1NS(=O)(=O)c1ccccc1. The molecule has 1 N–H and O–H groups in total. The highest BCUT2D eigenvalue weighted by atomic mass is 32.2. The van der Waals surface area contributed by atoms with Gasteiger partial charge < -0.3 is 14.5 Å². The zero-order chi connectivity index (χ0) is 29.5. The number of amides is 1. The Bertz CT molecular complexity index is 1750. The topological polar surface area (TPSA) is 105 Å². The van der Waals surface area contributed by atoms with E-state index in [4.69, 9.17) is 4.74 Å². The summed E-state index contributed by atoms with van der Waals surface area (Å²) >= 11 is 0. The fourth-order valence-corrected chi connectivity index (χ4v) is 7.32. The molecule has 1 saturated carbocycles. The Balaban J connectivity index is 1.42. The predicted octanol–water partition coefficient (Wildman–Crippen LogP) is 5.22. The Morgan fingerprint density at radius 3 is 2.50 bits per heavy atom. The van der Waals surface area contributed by atoms with Crippen molar-refractivity contribution in [2.75, 3.05) is 43.9 Å². The molecule has 2 aromatic heterocycles. The van der Waals surface area contributed by atoms with Crippen LogP contribution in [0.4, 0.5) is 11.4 Å². The first-order valence-corrected chi connectivity index (χ1v) is 15.8. The normalized spacial score (nSPS) is 16.0. The van der Waals surface area contributed by atoms with E-state index in [9.17, 15) is 13.2 Å². The van der Waals surface area contributed by atoms with Gasteiger partial charge in [0.1, 0.15) is 5.69 Å². The summed E-state index contributed by atoms with van der Waals surface area (Å²) in [6.07, 6.45) is 7.98. The minimum atomic E-state index is -3.88. The second-order valence-corrected chi connectivity index (χ2v) is 13.1. The molecule has 3 heterocycles. The molecule has 0 radical (unpaired) electrons. The van der Waals surface area contributed by atoms with Crippen LogP contribution in [0.15, 0.2) is 71.9 Å². The molecule has 1 amide bonds. The van der Waals surface area contributed by atoms with Gasteiger partial charge in [0.05, 0.1) is 34.3 Å². The summed E-state index contributed by atoms with van der Waals surface area (Å²) < 4.78 is 35.2. The second-order valence-electron chi connectivity index (χ2n) is 11.4. The van der Waals surface area contributed by atoms with Crippen LogP contribution < -0.4 is 14.4 Å². The zero-order valence-electron chi connectivity index (χ0n) is 24.1. The highest BCUT2D eigenvalue weighted by Crippen LogP contribution is 2.53. The summed E-state index contributed by atoms with van der Waals surface area (Å²) in [5.74, 6) is 0.363. The van der Waals surface area contributed by atoms with E-state index in [0.29, 0.717) is 6.61 Å². The van der Waals surface area contributed by atoms with Crippen LogP contribution in [0.1, 0.15) is 37.7 Å². The molecule has 0 saturated heterocycles. The number of fused-ring (bicyclic) bond motifs is 4. The number of sulfonamides is 1. The van der Waals surface area contributed by atoms with Crippen molar-refractivity contribution in [1.29, 1.82) is 0 Å². The van der Waals surface area contributed by atoms with Crippen LogP contribution >= 0.6 is 0 Å². The number of pyridine rings is 2. The molecule has 10 heteroatoms. The summed E-state index contributed by atoms with van der Waals surface area (Å²) in [5, 5.41) is 0.944. The third-order valence-electron chi connectivity index (χ3n) is 8.33. The molecular weight excluding hydrogens is 550 g/mol. The molecule has 0 atom stereocenters. The number of hydrogen-bond donors (Lipinski definition) is 1. The number of likely N-dealkylation sites (N-methyl/N-ethyl adjacent to an activating group) is 1. The van der Waals surface area contributed by atoms with Crippen molar-refractivity contribution < 1.29 is 17.9 Å². The van der Waals surface area contributed by atoms with Gasteiger partial charge in [0.2, 0.25) is 11.8 Å². The van der Waals surface area contributed by atoms with E-state index in [-0.39, 0.29) is 22.4 Å². The van der Waals surface area contributed by atoms with Gasteiger partial charge in [-0.2, -0.15) is 0 Å². The number of nitrogens with one attached hydrogen (secondary N) is 1. The Labute approximate surface area is 246 Å². The number of aromatic nitrogens is 2. The maximum atomic E-state index is 13.5. The number of rotatable bonds is 9. The van der Waals surface area contributed by atoms with Crippen LogP contribution in [0.25, 0.3) is 22.0 Å². The molecular formula is C32H35N5O4S. The van der Waals surface area contributed by atoms with E-state index in [0.717, 1.165) is 71.9 Å². The third kappa shape index (κ3) is 4.98. The maximum absolute atomic E-state index is 13.5. The van der Waals surface area contributed by atoms with Crippen LogP contribution in [0.2, 0.25) is 0 Å². The lowest BCUT2D eigenvalue weighted by Gasteiger charge is -2.23. The molecule has 2 aliphatic rings. The van der Waals surface area contributed by atoms with Crippen molar-refractivity contribution in [1.82, 2.24) is 14.9 Å². The van der Waals surface area contributed by atoms with Gasteiger partial charge in [0, 0.05) is 36.3 Å².